The van der Waals surface area contributed by atoms with E-state index >= 15 is 0 Å². The maximum atomic E-state index is 8.67. The minimum absolute atomic E-state index is 0.473. The highest BCUT2D eigenvalue weighted by Crippen LogP contribution is 2.20. The van der Waals surface area contributed by atoms with Crippen molar-refractivity contribution in [3.63, 3.8) is 0 Å². The van der Waals surface area contributed by atoms with E-state index in [-0.39, 0.29) is 0 Å². The molecule has 0 atom stereocenters. The Morgan fingerprint density at radius 2 is 2.42 bits per heavy atom. The Morgan fingerprint density at radius 3 is 3.00 bits per heavy atom. The number of hydrogen-bond acceptors (Lipinski definition) is 2. The molecule has 0 spiro atoms. The molecular weight excluding hydrogens is 216 g/mol. The van der Waals surface area contributed by atoms with E-state index in [2.05, 4.69) is 27.8 Å². The molecule has 0 aliphatic carbocycles. The van der Waals surface area contributed by atoms with Crippen LogP contribution < -0.4 is 0 Å². The molecule has 0 radical (unpaired) electrons. The van der Waals surface area contributed by atoms with Crippen LogP contribution in [0.4, 0.5) is 0 Å². The van der Waals surface area contributed by atoms with Gasteiger partial charge in [-0.05, 0) is 34.0 Å². The van der Waals surface area contributed by atoms with Crippen LogP contribution in [0, 0.1) is 11.3 Å². The van der Waals surface area contributed by atoms with E-state index in [4.69, 9.17) is 5.26 Å². The lowest BCUT2D eigenvalue weighted by Crippen LogP contribution is -1.91. The molecule has 62 valence electrons. The second-order valence-corrected chi connectivity index (χ2v) is 3.29. The molecule has 0 N–H and O–H groups in total. The van der Waals surface area contributed by atoms with Gasteiger partial charge in [-0.2, -0.15) is 5.26 Å². The molecule has 0 aromatic carbocycles. The number of pyridine rings is 1. The van der Waals surface area contributed by atoms with E-state index in [1.807, 2.05) is 12.1 Å². The molecule has 2 nitrogen and oxygen atoms in total. The molecule has 1 aromatic heterocycles. The van der Waals surface area contributed by atoms with Crippen LogP contribution >= 0.6 is 15.9 Å². The predicted octanol–water partition coefficient (Wildman–Crippen LogP) is 2.67. The highest BCUT2D eigenvalue weighted by Gasteiger charge is 2.04. The van der Waals surface area contributed by atoms with Crippen LogP contribution in [-0.2, 0) is 6.42 Å². The number of nitrogens with zero attached hydrogens (tertiary/aromatic N) is 2. The van der Waals surface area contributed by atoms with Crippen molar-refractivity contribution >= 4 is 15.9 Å². The smallest absolute Gasteiger partial charge is 0.154 e. The van der Waals surface area contributed by atoms with Crippen LogP contribution in [-0.4, -0.2) is 4.98 Å². The average molecular weight is 225 g/mol. The molecule has 0 saturated heterocycles. The Labute approximate surface area is 80.4 Å². The zero-order chi connectivity index (χ0) is 8.97. The Balaban J connectivity index is 3.07. The summed E-state index contributed by atoms with van der Waals surface area (Å²) in [5.41, 5.74) is 1.63. The Hall–Kier alpha value is -0.880. The first-order chi connectivity index (χ1) is 5.79. The van der Waals surface area contributed by atoms with Gasteiger partial charge in [-0.15, -0.1) is 0 Å². The molecule has 1 heterocycles. The lowest BCUT2D eigenvalue weighted by molar-refractivity contribution is 0.910. The Morgan fingerprint density at radius 1 is 1.67 bits per heavy atom. The summed E-state index contributed by atoms with van der Waals surface area (Å²) < 4.78 is 0.842. The Kier molecular flexibility index (Phi) is 3.24. The molecule has 0 bridgehead atoms. The fourth-order valence-corrected chi connectivity index (χ4v) is 1.55. The van der Waals surface area contributed by atoms with Gasteiger partial charge in [0.2, 0.25) is 0 Å². The summed E-state index contributed by atoms with van der Waals surface area (Å²) in [4.78, 5) is 3.93. The molecule has 1 rings (SSSR count). The summed E-state index contributed by atoms with van der Waals surface area (Å²) in [6.07, 6.45) is 3.74. The standard InChI is InChI=1S/C9H9BrN2/c1-2-3-7-4-5-12-8(6-11)9(7)10/h4-5H,2-3H2,1H3. The second-order valence-electron chi connectivity index (χ2n) is 2.49. The van der Waals surface area contributed by atoms with Gasteiger partial charge < -0.3 is 0 Å². The van der Waals surface area contributed by atoms with Crippen molar-refractivity contribution in [3.05, 3.63) is 28.0 Å². The molecule has 0 aliphatic heterocycles. The van der Waals surface area contributed by atoms with E-state index in [0.29, 0.717) is 5.69 Å². The summed E-state index contributed by atoms with van der Waals surface area (Å²) >= 11 is 3.36. The monoisotopic (exact) mass is 224 g/mol. The van der Waals surface area contributed by atoms with Crippen LogP contribution in [0.1, 0.15) is 24.6 Å². The second kappa shape index (κ2) is 4.22. The van der Waals surface area contributed by atoms with Crippen molar-refractivity contribution < 1.29 is 0 Å². The zero-order valence-electron chi connectivity index (χ0n) is 6.84. The Bertz CT molecular complexity index is 315. The molecule has 12 heavy (non-hydrogen) atoms. The fourth-order valence-electron chi connectivity index (χ4n) is 1.02. The van der Waals surface area contributed by atoms with Crippen LogP contribution in [0.15, 0.2) is 16.7 Å². The first-order valence-corrected chi connectivity index (χ1v) is 4.62. The van der Waals surface area contributed by atoms with E-state index in [1.54, 1.807) is 6.20 Å². The number of aromatic nitrogens is 1. The molecule has 0 aliphatic rings. The van der Waals surface area contributed by atoms with Gasteiger partial charge in [0.15, 0.2) is 5.69 Å². The van der Waals surface area contributed by atoms with Crippen LogP contribution in [0.5, 0.6) is 0 Å². The van der Waals surface area contributed by atoms with Crippen molar-refractivity contribution in [2.75, 3.05) is 0 Å². The van der Waals surface area contributed by atoms with Crippen LogP contribution in [0.2, 0.25) is 0 Å². The highest BCUT2D eigenvalue weighted by atomic mass is 79.9. The quantitative estimate of drug-likeness (QED) is 0.775. The zero-order valence-corrected chi connectivity index (χ0v) is 8.43. The van der Waals surface area contributed by atoms with E-state index < -0.39 is 0 Å². The average Bonchev–Trinajstić information content (AvgIpc) is 2.09. The highest BCUT2D eigenvalue weighted by molar-refractivity contribution is 9.10. The molecule has 0 fully saturated rings. The topological polar surface area (TPSA) is 36.7 Å². The molecule has 0 amide bonds. The van der Waals surface area contributed by atoms with Gasteiger partial charge in [0.05, 0.1) is 4.47 Å². The lowest BCUT2D eigenvalue weighted by atomic mass is 10.1. The van der Waals surface area contributed by atoms with E-state index in [1.165, 1.54) is 0 Å². The third-order valence-electron chi connectivity index (χ3n) is 1.59. The van der Waals surface area contributed by atoms with Crippen molar-refractivity contribution in [3.8, 4) is 6.07 Å². The van der Waals surface area contributed by atoms with Gasteiger partial charge in [-0.1, -0.05) is 13.3 Å². The maximum Gasteiger partial charge on any atom is 0.154 e. The predicted molar refractivity (Wildman–Crippen MR) is 50.6 cm³/mol. The number of rotatable bonds is 2. The van der Waals surface area contributed by atoms with Crippen LogP contribution in [0.3, 0.4) is 0 Å². The third-order valence-corrected chi connectivity index (χ3v) is 2.48. The number of halogens is 1. The van der Waals surface area contributed by atoms with E-state index in [0.717, 1.165) is 22.9 Å². The van der Waals surface area contributed by atoms with Crippen molar-refractivity contribution in [1.82, 2.24) is 4.98 Å². The maximum absolute atomic E-state index is 8.67. The fraction of sp³-hybridized carbons (Fsp3) is 0.333. The summed E-state index contributed by atoms with van der Waals surface area (Å²) in [7, 11) is 0. The number of hydrogen-bond donors (Lipinski definition) is 0. The largest absolute Gasteiger partial charge is 0.244 e. The van der Waals surface area contributed by atoms with Gasteiger partial charge in [0.1, 0.15) is 6.07 Å². The summed E-state index contributed by atoms with van der Waals surface area (Å²) in [6.45, 7) is 2.11. The first-order valence-electron chi connectivity index (χ1n) is 3.83. The van der Waals surface area contributed by atoms with Gasteiger partial charge >= 0.3 is 0 Å². The summed E-state index contributed by atoms with van der Waals surface area (Å²) in [5.74, 6) is 0. The third kappa shape index (κ3) is 1.83. The van der Waals surface area contributed by atoms with Crippen LogP contribution in [0.25, 0.3) is 0 Å². The normalized spacial score (nSPS) is 9.42. The molecule has 3 heteroatoms. The molecule has 1 aromatic rings. The minimum Gasteiger partial charge on any atom is -0.244 e. The van der Waals surface area contributed by atoms with Gasteiger partial charge in [0, 0.05) is 6.20 Å². The SMILES string of the molecule is CCCc1ccnc(C#N)c1Br. The van der Waals surface area contributed by atoms with E-state index in [9.17, 15) is 0 Å². The molecule has 0 unspecified atom stereocenters. The number of aryl methyl sites for hydroxylation is 1. The van der Waals surface area contributed by atoms with Gasteiger partial charge in [-0.25, -0.2) is 4.98 Å². The minimum atomic E-state index is 0.473. The lowest BCUT2D eigenvalue weighted by Gasteiger charge is -2.01. The van der Waals surface area contributed by atoms with Gasteiger partial charge in [-0.3, -0.25) is 0 Å². The molecule has 0 saturated carbocycles. The number of nitriles is 1. The van der Waals surface area contributed by atoms with Crippen molar-refractivity contribution in [1.29, 1.82) is 5.26 Å². The van der Waals surface area contributed by atoms with Crippen molar-refractivity contribution in [2.24, 2.45) is 0 Å². The van der Waals surface area contributed by atoms with Crippen molar-refractivity contribution in [2.45, 2.75) is 19.8 Å². The molecular formula is C9H9BrN2. The van der Waals surface area contributed by atoms with Gasteiger partial charge in [0.25, 0.3) is 0 Å². The summed E-state index contributed by atoms with van der Waals surface area (Å²) in [6, 6.07) is 3.97. The summed E-state index contributed by atoms with van der Waals surface area (Å²) in [5, 5.41) is 8.67. The first kappa shape index (κ1) is 9.21.